The molecule has 15 heavy (non-hydrogen) atoms. The first kappa shape index (κ1) is 11.4. The molecular formula is C10H19NO3S. The van der Waals surface area contributed by atoms with E-state index in [0.717, 1.165) is 25.7 Å². The number of aliphatic hydroxyl groups excluding tert-OH is 1. The normalized spacial score (nSPS) is 27.3. The molecule has 1 heterocycles. The topological polar surface area (TPSA) is 57.6 Å². The van der Waals surface area contributed by atoms with Crippen LogP contribution in [0.1, 0.15) is 38.5 Å². The molecule has 2 fully saturated rings. The number of rotatable bonds is 3. The average Bonchev–Trinajstić information content (AvgIpc) is 2.90. The molecule has 88 valence electrons. The maximum absolute atomic E-state index is 12.4. The fourth-order valence-corrected chi connectivity index (χ4v) is 4.97. The van der Waals surface area contributed by atoms with Crippen LogP contribution < -0.4 is 0 Å². The second-order valence-corrected chi connectivity index (χ2v) is 6.99. The maximum atomic E-state index is 12.4. The van der Waals surface area contributed by atoms with Gasteiger partial charge in [-0.05, 0) is 25.7 Å². The van der Waals surface area contributed by atoms with Crippen molar-refractivity contribution in [2.45, 2.75) is 43.3 Å². The summed E-state index contributed by atoms with van der Waals surface area (Å²) < 4.78 is 25.4. The quantitative estimate of drug-likeness (QED) is 0.781. The average molecular weight is 233 g/mol. The van der Waals surface area contributed by atoms with Crippen LogP contribution in [0.15, 0.2) is 0 Å². The van der Waals surface area contributed by atoms with Crippen LogP contribution in [0.5, 0.6) is 0 Å². The van der Waals surface area contributed by atoms with Gasteiger partial charge >= 0.3 is 0 Å². The highest BCUT2D eigenvalue weighted by molar-refractivity contribution is 7.90. The van der Waals surface area contributed by atoms with E-state index in [1.54, 1.807) is 4.31 Å². The van der Waals surface area contributed by atoms with Gasteiger partial charge in [0.2, 0.25) is 10.0 Å². The number of hydrogen-bond donors (Lipinski definition) is 1. The van der Waals surface area contributed by atoms with Gasteiger partial charge in [0, 0.05) is 13.1 Å². The molecule has 0 aromatic carbocycles. The number of sulfonamides is 1. The van der Waals surface area contributed by atoms with E-state index >= 15 is 0 Å². The Morgan fingerprint density at radius 1 is 1.07 bits per heavy atom. The molecule has 0 spiro atoms. The van der Waals surface area contributed by atoms with Crippen molar-refractivity contribution in [3.05, 3.63) is 0 Å². The minimum atomic E-state index is -3.27. The molecule has 4 nitrogen and oxygen atoms in total. The van der Waals surface area contributed by atoms with E-state index in [-0.39, 0.29) is 6.61 Å². The lowest BCUT2D eigenvalue weighted by atomic mass is 10.1. The van der Waals surface area contributed by atoms with Crippen LogP contribution in [0.4, 0.5) is 0 Å². The van der Waals surface area contributed by atoms with Crippen LogP contribution in [0.25, 0.3) is 0 Å². The van der Waals surface area contributed by atoms with Crippen molar-refractivity contribution in [2.75, 3.05) is 19.7 Å². The Labute approximate surface area is 91.3 Å². The summed E-state index contributed by atoms with van der Waals surface area (Å²) in [5, 5.41) is 9.41. The van der Waals surface area contributed by atoms with Gasteiger partial charge in [0.1, 0.15) is 4.75 Å². The molecule has 0 radical (unpaired) electrons. The summed E-state index contributed by atoms with van der Waals surface area (Å²) >= 11 is 0. The molecule has 0 aromatic heterocycles. The fraction of sp³-hybridized carbons (Fsp3) is 1.00. The molecular weight excluding hydrogens is 214 g/mol. The van der Waals surface area contributed by atoms with Crippen molar-refractivity contribution in [1.29, 1.82) is 0 Å². The lowest BCUT2D eigenvalue weighted by Gasteiger charge is -2.31. The van der Waals surface area contributed by atoms with Gasteiger partial charge in [0.05, 0.1) is 6.61 Å². The minimum Gasteiger partial charge on any atom is -0.395 e. The van der Waals surface area contributed by atoms with Gasteiger partial charge in [0.15, 0.2) is 0 Å². The highest BCUT2D eigenvalue weighted by atomic mass is 32.2. The van der Waals surface area contributed by atoms with E-state index in [0.29, 0.717) is 25.9 Å². The van der Waals surface area contributed by atoms with Crippen molar-refractivity contribution in [2.24, 2.45) is 0 Å². The summed E-state index contributed by atoms with van der Waals surface area (Å²) in [6, 6.07) is 0. The SMILES string of the molecule is O=S(=O)(N1CCCC1)C1(CO)CCCC1. The Balaban J connectivity index is 2.26. The number of nitrogens with zero attached hydrogens (tertiary/aromatic N) is 1. The van der Waals surface area contributed by atoms with E-state index in [4.69, 9.17) is 0 Å². The summed E-state index contributed by atoms with van der Waals surface area (Å²) in [5.74, 6) is 0. The van der Waals surface area contributed by atoms with Crippen LogP contribution in [-0.2, 0) is 10.0 Å². The second-order valence-electron chi connectivity index (χ2n) is 4.66. The Bertz CT molecular complexity index is 314. The van der Waals surface area contributed by atoms with E-state index in [1.807, 2.05) is 0 Å². The van der Waals surface area contributed by atoms with Crippen LogP contribution in [0.3, 0.4) is 0 Å². The van der Waals surface area contributed by atoms with Crippen LogP contribution in [0.2, 0.25) is 0 Å². The molecule has 1 N–H and O–H groups in total. The molecule has 5 heteroatoms. The smallest absolute Gasteiger partial charge is 0.222 e. The van der Waals surface area contributed by atoms with Gasteiger partial charge in [-0.15, -0.1) is 0 Å². The van der Waals surface area contributed by atoms with E-state index in [2.05, 4.69) is 0 Å². The zero-order valence-electron chi connectivity index (χ0n) is 8.98. The van der Waals surface area contributed by atoms with Crippen LogP contribution in [0, 0.1) is 0 Å². The second kappa shape index (κ2) is 4.03. The van der Waals surface area contributed by atoms with Crippen molar-refractivity contribution >= 4 is 10.0 Å². The Hall–Kier alpha value is -0.130. The van der Waals surface area contributed by atoms with Crippen molar-refractivity contribution in [3.8, 4) is 0 Å². The Morgan fingerprint density at radius 3 is 2.07 bits per heavy atom. The molecule has 1 aliphatic carbocycles. The predicted octanol–water partition coefficient (Wildman–Crippen LogP) is 0.717. The zero-order valence-corrected chi connectivity index (χ0v) is 9.80. The third kappa shape index (κ3) is 1.70. The monoisotopic (exact) mass is 233 g/mol. The van der Waals surface area contributed by atoms with Crippen molar-refractivity contribution < 1.29 is 13.5 Å². The minimum absolute atomic E-state index is 0.216. The largest absolute Gasteiger partial charge is 0.395 e. The van der Waals surface area contributed by atoms with Gasteiger partial charge in [0.25, 0.3) is 0 Å². The van der Waals surface area contributed by atoms with Gasteiger partial charge in [-0.2, -0.15) is 0 Å². The van der Waals surface area contributed by atoms with Crippen molar-refractivity contribution in [1.82, 2.24) is 4.31 Å². The van der Waals surface area contributed by atoms with E-state index in [1.165, 1.54) is 0 Å². The Kier molecular flexibility index (Phi) is 3.05. The molecule has 0 aromatic rings. The zero-order chi connectivity index (χ0) is 10.9. The first-order chi connectivity index (χ1) is 7.12. The standard InChI is InChI=1S/C10H19NO3S/c12-9-10(5-1-2-6-10)15(13,14)11-7-3-4-8-11/h12H,1-9H2. The van der Waals surface area contributed by atoms with Gasteiger partial charge in [-0.25, -0.2) is 12.7 Å². The van der Waals surface area contributed by atoms with Crippen LogP contribution >= 0.6 is 0 Å². The first-order valence-electron chi connectivity index (χ1n) is 5.73. The molecule has 1 saturated carbocycles. The third-order valence-corrected chi connectivity index (χ3v) is 6.43. The summed E-state index contributed by atoms with van der Waals surface area (Å²) in [6.45, 7) is 1.07. The summed E-state index contributed by atoms with van der Waals surface area (Å²) in [4.78, 5) is 0. The lowest BCUT2D eigenvalue weighted by Crippen LogP contribution is -2.48. The Morgan fingerprint density at radius 2 is 1.60 bits per heavy atom. The molecule has 1 aliphatic heterocycles. The van der Waals surface area contributed by atoms with Gasteiger partial charge in [-0.3, -0.25) is 0 Å². The maximum Gasteiger partial charge on any atom is 0.222 e. The van der Waals surface area contributed by atoms with Crippen LogP contribution in [-0.4, -0.2) is 42.3 Å². The van der Waals surface area contributed by atoms with Crippen molar-refractivity contribution in [3.63, 3.8) is 0 Å². The highest BCUT2D eigenvalue weighted by Gasteiger charge is 2.48. The first-order valence-corrected chi connectivity index (χ1v) is 7.17. The predicted molar refractivity (Wildman–Crippen MR) is 58.0 cm³/mol. The number of hydrogen-bond acceptors (Lipinski definition) is 3. The summed E-state index contributed by atoms with van der Waals surface area (Å²) in [5.41, 5.74) is 0. The highest BCUT2D eigenvalue weighted by Crippen LogP contribution is 2.39. The molecule has 0 unspecified atom stereocenters. The van der Waals surface area contributed by atoms with E-state index < -0.39 is 14.8 Å². The van der Waals surface area contributed by atoms with E-state index in [9.17, 15) is 13.5 Å². The summed E-state index contributed by atoms with van der Waals surface area (Å²) in [6.07, 6.45) is 5.02. The molecule has 2 aliphatic rings. The summed E-state index contributed by atoms with van der Waals surface area (Å²) in [7, 11) is -3.27. The molecule has 0 bridgehead atoms. The molecule has 2 rings (SSSR count). The fourth-order valence-electron chi connectivity index (χ4n) is 2.72. The molecule has 0 amide bonds. The van der Waals surface area contributed by atoms with Gasteiger partial charge < -0.3 is 5.11 Å². The third-order valence-electron chi connectivity index (χ3n) is 3.76. The lowest BCUT2D eigenvalue weighted by molar-refractivity contribution is 0.235. The molecule has 0 atom stereocenters. The van der Waals surface area contributed by atoms with Gasteiger partial charge in [-0.1, -0.05) is 12.8 Å². The number of aliphatic hydroxyl groups is 1. The molecule has 1 saturated heterocycles.